The summed E-state index contributed by atoms with van der Waals surface area (Å²) in [6.07, 6.45) is 3.61. The van der Waals surface area contributed by atoms with Gasteiger partial charge in [-0.1, -0.05) is 97.1 Å². The quantitative estimate of drug-likeness (QED) is 0.176. The van der Waals surface area contributed by atoms with E-state index in [0.717, 1.165) is 9.80 Å². The molecule has 2 unspecified atom stereocenters. The maximum absolute atomic E-state index is 14.0. The minimum Gasteiger partial charge on any atom is -0.289 e. The van der Waals surface area contributed by atoms with Crippen molar-refractivity contribution in [1.82, 2.24) is 0 Å². The number of allylic oxidation sites excluding steroid dienone is 2. The van der Waals surface area contributed by atoms with Crippen molar-refractivity contribution in [3.05, 3.63) is 144 Å². The fraction of sp³-hybridized carbons (Fsp3) is 0.158. The molecule has 5 aliphatic rings. The number of benzene rings is 4. The third-order valence-corrected chi connectivity index (χ3v) is 9.82. The summed E-state index contributed by atoms with van der Waals surface area (Å²) in [7, 11) is 0. The van der Waals surface area contributed by atoms with E-state index >= 15 is 0 Å². The Hall–Kier alpha value is -5.76. The predicted octanol–water partition coefficient (Wildman–Crippen LogP) is 4.88. The molecule has 2 saturated heterocycles. The van der Waals surface area contributed by atoms with Crippen molar-refractivity contribution in [3.63, 3.8) is 0 Å². The molecule has 224 valence electrons. The van der Waals surface area contributed by atoms with Gasteiger partial charge in [0.1, 0.15) is 0 Å². The molecule has 0 radical (unpaired) electrons. The van der Waals surface area contributed by atoms with Crippen LogP contribution in [0.25, 0.3) is 0 Å². The highest BCUT2D eigenvalue weighted by atomic mass is 16.2. The smallest absolute Gasteiger partial charge is 0.238 e. The van der Waals surface area contributed by atoms with E-state index in [1.165, 1.54) is 0 Å². The van der Waals surface area contributed by atoms with Crippen LogP contribution in [0.15, 0.2) is 121 Å². The molecule has 3 fully saturated rings. The van der Waals surface area contributed by atoms with E-state index in [2.05, 4.69) is 0 Å². The standard InChI is InChI=1S/C38H26N2O6/c41-33(21-9-3-1-4-10-21)23-13-7-15-25(19-23)39-35(43)29-27-17-18-28(30(29)36(39)44)32-31(27)37(45)40(38(32)46)26-16-8-14-24(20-26)34(42)22-11-5-2-6-12-22/h1-20,27-32H/t27?,28?,29-,30-,31-,32+/m0/s1. The van der Waals surface area contributed by atoms with Gasteiger partial charge in [0.15, 0.2) is 11.6 Å². The summed E-state index contributed by atoms with van der Waals surface area (Å²) in [6, 6.07) is 30.4. The minimum atomic E-state index is -0.806. The molecule has 2 aliphatic heterocycles. The van der Waals surface area contributed by atoms with Gasteiger partial charge in [-0.05, 0) is 24.3 Å². The molecular formula is C38H26N2O6. The topological polar surface area (TPSA) is 109 Å². The third-order valence-electron chi connectivity index (χ3n) is 9.82. The van der Waals surface area contributed by atoms with Gasteiger partial charge in [0, 0.05) is 34.1 Å². The summed E-state index contributed by atoms with van der Waals surface area (Å²) in [5.41, 5.74) is 2.22. The zero-order valence-corrected chi connectivity index (χ0v) is 24.4. The molecule has 8 heteroatoms. The van der Waals surface area contributed by atoms with Crippen LogP contribution in [-0.4, -0.2) is 35.2 Å². The second-order valence-corrected chi connectivity index (χ2v) is 12.2. The average Bonchev–Trinajstić information content (AvgIpc) is 3.55. The summed E-state index contributed by atoms with van der Waals surface area (Å²) in [5, 5.41) is 0. The molecule has 0 N–H and O–H groups in total. The number of ketones is 2. The van der Waals surface area contributed by atoms with Crippen LogP contribution in [-0.2, 0) is 19.2 Å². The number of hydrogen-bond donors (Lipinski definition) is 0. The van der Waals surface area contributed by atoms with E-state index in [9.17, 15) is 28.8 Å². The molecular weight excluding hydrogens is 580 g/mol. The van der Waals surface area contributed by atoms with Gasteiger partial charge >= 0.3 is 0 Å². The van der Waals surface area contributed by atoms with E-state index in [0.29, 0.717) is 22.3 Å². The van der Waals surface area contributed by atoms with Crippen LogP contribution in [0.4, 0.5) is 11.4 Å². The predicted molar refractivity (Wildman–Crippen MR) is 168 cm³/mol. The normalized spacial score (nSPS) is 26.0. The first-order valence-corrected chi connectivity index (χ1v) is 15.2. The number of nitrogens with zero attached hydrogens (tertiary/aromatic N) is 2. The summed E-state index contributed by atoms with van der Waals surface area (Å²) in [6.45, 7) is 0. The van der Waals surface area contributed by atoms with E-state index in [-0.39, 0.29) is 22.9 Å². The van der Waals surface area contributed by atoms with Crippen LogP contribution in [0, 0.1) is 35.5 Å². The molecule has 8 nitrogen and oxygen atoms in total. The molecule has 4 aromatic carbocycles. The van der Waals surface area contributed by atoms with E-state index in [1.54, 1.807) is 109 Å². The number of hydrogen-bond acceptors (Lipinski definition) is 6. The van der Waals surface area contributed by atoms with Gasteiger partial charge in [-0.3, -0.25) is 28.8 Å². The monoisotopic (exact) mass is 606 g/mol. The highest BCUT2D eigenvalue weighted by Crippen LogP contribution is 2.58. The second-order valence-electron chi connectivity index (χ2n) is 12.2. The Morgan fingerprint density at radius 1 is 0.413 bits per heavy atom. The molecule has 2 bridgehead atoms. The fourth-order valence-electron chi connectivity index (χ4n) is 7.82. The lowest BCUT2D eigenvalue weighted by atomic mass is 9.54. The number of carbonyl (C=O) groups excluding carboxylic acids is 6. The van der Waals surface area contributed by atoms with Gasteiger partial charge in [-0.15, -0.1) is 0 Å². The zero-order chi connectivity index (χ0) is 31.7. The van der Waals surface area contributed by atoms with Gasteiger partial charge in [-0.25, -0.2) is 9.80 Å². The molecule has 3 aliphatic carbocycles. The van der Waals surface area contributed by atoms with E-state index in [4.69, 9.17) is 0 Å². The molecule has 6 atom stereocenters. The Balaban J connectivity index is 1.10. The maximum Gasteiger partial charge on any atom is 0.238 e. The van der Waals surface area contributed by atoms with Crippen LogP contribution in [0.5, 0.6) is 0 Å². The number of carbonyl (C=O) groups is 6. The largest absolute Gasteiger partial charge is 0.289 e. The lowest BCUT2D eigenvalue weighted by Crippen LogP contribution is -2.50. The first kappa shape index (κ1) is 27.8. The van der Waals surface area contributed by atoms with Crippen molar-refractivity contribution in [2.75, 3.05) is 9.80 Å². The van der Waals surface area contributed by atoms with E-state index in [1.807, 2.05) is 12.1 Å². The van der Waals surface area contributed by atoms with E-state index < -0.39 is 59.1 Å². The van der Waals surface area contributed by atoms with Crippen LogP contribution in [0.1, 0.15) is 31.8 Å². The Labute approximate surface area is 263 Å². The molecule has 1 saturated carbocycles. The Morgan fingerprint density at radius 2 is 0.739 bits per heavy atom. The minimum absolute atomic E-state index is 0.235. The van der Waals surface area contributed by atoms with Gasteiger partial charge in [0.2, 0.25) is 23.6 Å². The van der Waals surface area contributed by atoms with Crippen molar-refractivity contribution in [2.45, 2.75) is 0 Å². The average molecular weight is 607 g/mol. The summed E-state index contributed by atoms with van der Waals surface area (Å²) in [4.78, 5) is 84.6. The molecule has 4 amide bonds. The van der Waals surface area contributed by atoms with Crippen LogP contribution in [0.2, 0.25) is 0 Å². The summed E-state index contributed by atoms with van der Waals surface area (Å²) < 4.78 is 0. The second kappa shape index (κ2) is 10.4. The number of imide groups is 2. The van der Waals surface area contributed by atoms with Gasteiger partial charge in [-0.2, -0.15) is 0 Å². The van der Waals surface area contributed by atoms with Crippen molar-refractivity contribution in [3.8, 4) is 0 Å². The highest BCUT2D eigenvalue weighted by molar-refractivity contribution is 6.27. The molecule has 0 aromatic heterocycles. The Bertz CT molecular complexity index is 1830. The summed E-state index contributed by atoms with van der Waals surface area (Å²) >= 11 is 0. The number of rotatable bonds is 6. The number of anilines is 2. The molecule has 9 rings (SSSR count). The maximum atomic E-state index is 14.0. The highest BCUT2D eigenvalue weighted by Gasteiger charge is 2.68. The molecule has 2 heterocycles. The first-order valence-electron chi connectivity index (χ1n) is 15.2. The van der Waals surface area contributed by atoms with Crippen molar-refractivity contribution < 1.29 is 28.8 Å². The first-order chi connectivity index (χ1) is 22.3. The van der Waals surface area contributed by atoms with Crippen LogP contribution < -0.4 is 9.80 Å². The fourth-order valence-corrected chi connectivity index (χ4v) is 7.82. The molecule has 4 aromatic rings. The lowest BCUT2D eigenvalue weighted by molar-refractivity contribution is -0.137. The van der Waals surface area contributed by atoms with Crippen molar-refractivity contribution >= 4 is 46.6 Å². The SMILES string of the molecule is O=C(c1ccccc1)c1cccc(N2C(=O)[C@@H]3C4C=CC([C@@H]3C2=O)[C@@H]2C(=O)N(c3cccc(C(=O)c5ccccc5)c3)C(=O)[C@@H]42)c1. The molecule has 46 heavy (non-hydrogen) atoms. The van der Waals surface area contributed by atoms with Crippen molar-refractivity contribution in [2.24, 2.45) is 35.5 Å². The Kier molecular flexibility index (Phi) is 6.28. The third kappa shape index (κ3) is 3.99. The van der Waals surface area contributed by atoms with Gasteiger partial charge in [0.25, 0.3) is 0 Å². The summed E-state index contributed by atoms with van der Waals surface area (Å²) in [5.74, 6) is -6.74. The Morgan fingerprint density at radius 3 is 1.09 bits per heavy atom. The molecule has 0 spiro atoms. The number of amides is 4. The van der Waals surface area contributed by atoms with Crippen LogP contribution >= 0.6 is 0 Å². The van der Waals surface area contributed by atoms with Crippen LogP contribution in [0.3, 0.4) is 0 Å². The lowest BCUT2D eigenvalue weighted by Gasteiger charge is -2.44. The van der Waals surface area contributed by atoms with Gasteiger partial charge in [0.05, 0.1) is 35.0 Å². The van der Waals surface area contributed by atoms with Crippen molar-refractivity contribution in [1.29, 1.82) is 0 Å². The van der Waals surface area contributed by atoms with Gasteiger partial charge < -0.3 is 0 Å². The zero-order valence-electron chi connectivity index (χ0n) is 24.4.